The van der Waals surface area contributed by atoms with Gasteiger partial charge < -0.3 is 0 Å². The van der Waals surface area contributed by atoms with E-state index >= 15 is 0 Å². The van der Waals surface area contributed by atoms with E-state index in [1.807, 2.05) is 30.0 Å². The van der Waals surface area contributed by atoms with E-state index in [-0.39, 0.29) is 0 Å². The van der Waals surface area contributed by atoms with Crippen LogP contribution in [0.25, 0.3) is 0 Å². The molecule has 1 rings (SSSR count). The van der Waals surface area contributed by atoms with Gasteiger partial charge in [-0.25, -0.2) is 0 Å². The topological polar surface area (TPSA) is 35.8 Å². The minimum atomic E-state index is -0.542. The van der Waals surface area contributed by atoms with Crippen molar-refractivity contribution < 1.29 is 0 Å². The third kappa shape index (κ3) is 5.73. The Labute approximate surface area is 134 Å². The molecule has 0 fully saturated rings. The third-order valence-electron chi connectivity index (χ3n) is 3.85. The smallest absolute Gasteiger partial charge is 0.133 e. The number of thioether (sulfide) groups is 1. The Bertz CT molecular complexity index is 427. The SMILES string of the molecule is CCCNC(C#N)(CCSCC(C)CC)c1ccccc1. The molecule has 116 valence electrons. The highest BCUT2D eigenvalue weighted by atomic mass is 32.2. The number of benzene rings is 1. The third-order valence-corrected chi connectivity index (χ3v) is 5.15. The number of nitriles is 1. The molecule has 0 aliphatic carbocycles. The van der Waals surface area contributed by atoms with Gasteiger partial charge in [0.15, 0.2) is 0 Å². The molecule has 0 aliphatic rings. The molecule has 0 aromatic heterocycles. The number of hydrogen-bond acceptors (Lipinski definition) is 3. The maximum absolute atomic E-state index is 9.79. The van der Waals surface area contributed by atoms with Crippen molar-refractivity contribution in [3.8, 4) is 6.07 Å². The van der Waals surface area contributed by atoms with Gasteiger partial charge in [-0.1, -0.05) is 57.5 Å². The predicted octanol–water partition coefficient (Wildman–Crippen LogP) is 4.57. The summed E-state index contributed by atoms with van der Waals surface area (Å²) in [4.78, 5) is 0. The molecule has 0 heterocycles. The Balaban J connectivity index is 2.71. The first-order valence-electron chi connectivity index (χ1n) is 7.98. The van der Waals surface area contributed by atoms with E-state index in [9.17, 15) is 5.26 Å². The van der Waals surface area contributed by atoms with E-state index in [2.05, 4.69) is 44.3 Å². The maximum Gasteiger partial charge on any atom is 0.133 e. The molecule has 1 aromatic rings. The molecule has 2 atom stereocenters. The Morgan fingerprint density at radius 2 is 2.00 bits per heavy atom. The van der Waals surface area contributed by atoms with Gasteiger partial charge in [0.25, 0.3) is 0 Å². The van der Waals surface area contributed by atoms with Gasteiger partial charge in [-0.15, -0.1) is 0 Å². The van der Waals surface area contributed by atoms with Gasteiger partial charge in [-0.3, -0.25) is 5.32 Å². The molecule has 3 heteroatoms. The van der Waals surface area contributed by atoms with Gasteiger partial charge >= 0.3 is 0 Å². The van der Waals surface area contributed by atoms with Crippen LogP contribution in [-0.2, 0) is 5.54 Å². The zero-order valence-corrected chi connectivity index (χ0v) is 14.4. The Morgan fingerprint density at radius 3 is 2.57 bits per heavy atom. The summed E-state index contributed by atoms with van der Waals surface area (Å²) < 4.78 is 0. The molecule has 2 unspecified atom stereocenters. The number of hydrogen-bond donors (Lipinski definition) is 1. The van der Waals surface area contributed by atoms with E-state index < -0.39 is 5.54 Å². The van der Waals surface area contributed by atoms with Gasteiger partial charge in [-0.05, 0) is 42.4 Å². The van der Waals surface area contributed by atoms with Crippen LogP contribution in [0.1, 0.15) is 45.6 Å². The fourth-order valence-electron chi connectivity index (χ4n) is 2.18. The molecule has 21 heavy (non-hydrogen) atoms. The highest BCUT2D eigenvalue weighted by molar-refractivity contribution is 7.99. The van der Waals surface area contributed by atoms with E-state index in [0.717, 1.165) is 36.6 Å². The Hall–Kier alpha value is -0.980. The first-order chi connectivity index (χ1) is 10.2. The van der Waals surface area contributed by atoms with Crippen molar-refractivity contribution in [2.45, 2.75) is 45.6 Å². The minimum absolute atomic E-state index is 0.542. The lowest BCUT2D eigenvalue weighted by atomic mass is 9.88. The summed E-state index contributed by atoms with van der Waals surface area (Å²) in [6, 6.07) is 12.7. The molecule has 1 N–H and O–H groups in total. The van der Waals surface area contributed by atoms with Crippen LogP contribution in [0.3, 0.4) is 0 Å². The zero-order valence-electron chi connectivity index (χ0n) is 13.6. The maximum atomic E-state index is 9.79. The quantitative estimate of drug-likeness (QED) is 0.643. The van der Waals surface area contributed by atoms with Crippen LogP contribution in [-0.4, -0.2) is 18.1 Å². The number of nitrogens with one attached hydrogen (secondary N) is 1. The summed E-state index contributed by atoms with van der Waals surface area (Å²) in [6.45, 7) is 7.53. The molecule has 0 spiro atoms. The van der Waals surface area contributed by atoms with Crippen LogP contribution < -0.4 is 5.32 Å². The summed E-state index contributed by atoms with van der Waals surface area (Å²) in [5.74, 6) is 2.95. The van der Waals surface area contributed by atoms with Crippen molar-refractivity contribution in [1.29, 1.82) is 5.26 Å². The molecule has 0 aliphatic heterocycles. The summed E-state index contributed by atoms with van der Waals surface area (Å²) in [6.07, 6.45) is 3.12. The molecular formula is C18H28N2S. The lowest BCUT2D eigenvalue weighted by Crippen LogP contribution is -2.42. The molecule has 0 saturated carbocycles. The van der Waals surface area contributed by atoms with Gasteiger partial charge in [0.2, 0.25) is 0 Å². The normalized spacial score (nSPS) is 15.1. The van der Waals surface area contributed by atoms with Gasteiger partial charge in [0, 0.05) is 0 Å². The van der Waals surface area contributed by atoms with E-state index in [1.54, 1.807) is 0 Å². The average molecular weight is 305 g/mol. The van der Waals surface area contributed by atoms with Crippen LogP contribution in [0.5, 0.6) is 0 Å². The van der Waals surface area contributed by atoms with Gasteiger partial charge in [-0.2, -0.15) is 17.0 Å². The van der Waals surface area contributed by atoms with Crippen molar-refractivity contribution in [1.82, 2.24) is 5.32 Å². The average Bonchev–Trinajstić information content (AvgIpc) is 2.55. The van der Waals surface area contributed by atoms with Crippen LogP contribution >= 0.6 is 11.8 Å². The Morgan fingerprint density at radius 1 is 1.29 bits per heavy atom. The van der Waals surface area contributed by atoms with Crippen LogP contribution in [0, 0.1) is 17.2 Å². The monoisotopic (exact) mass is 304 g/mol. The summed E-state index contributed by atoms with van der Waals surface area (Å²) in [7, 11) is 0. The van der Waals surface area contributed by atoms with Crippen LogP contribution in [0.2, 0.25) is 0 Å². The molecule has 0 radical (unpaired) electrons. The van der Waals surface area contributed by atoms with Crippen molar-refractivity contribution in [3.63, 3.8) is 0 Å². The first-order valence-corrected chi connectivity index (χ1v) is 9.13. The van der Waals surface area contributed by atoms with E-state index in [0.29, 0.717) is 0 Å². The molecule has 0 saturated heterocycles. The highest BCUT2D eigenvalue weighted by Gasteiger charge is 2.30. The molecule has 1 aromatic carbocycles. The van der Waals surface area contributed by atoms with Crippen molar-refractivity contribution in [3.05, 3.63) is 35.9 Å². The van der Waals surface area contributed by atoms with Crippen molar-refractivity contribution >= 4 is 11.8 Å². The van der Waals surface area contributed by atoms with Crippen molar-refractivity contribution in [2.75, 3.05) is 18.1 Å². The van der Waals surface area contributed by atoms with E-state index in [1.165, 1.54) is 12.2 Å². The minimum Gasteiger partial charge on any atom is -0.296 e. The van der Waals surface area contributed by atoms with Crippen molar-refractivity contribution in [2.24, 2.45) is 5.92 Å². The fourth-order valence-corrected chi connectivity index (χ4v) is 3.44. The first kappa shape index (κ1) is 18.1. The molecule has 2 nitrogen and oxygen atoms in total. The summed E-state index contributed by atoms with van der Waals surface area (Å²) >= 11 is 1.97. The van der Waals surface area contributed by atoms with Gasteiger partial charge in [0.1, 0.15) is 5.54 Å². The zero-order chi connectivity index (χ0) is 15.6. The summed E-state index contributed by atoms with van der Waals surface area (Å²) in [5.41, 5.74) is 0.546. The fraction of sp³-hybridized carbons (Fsp3) is 0.611. The van der Waals surface area contributed by atoms with Crippen LogP contribution in [0.4, 0.5) is 0 Å². The lowest BCUT2D eigenvalue weighted by molar-refractivity contribution is 0.416. The molecule has 0 bridgehead atoms. The number of rotatable bonds is 10. The summed E-state index contributed by atoms with van der Waals surface area (Å²) in [5, 5.41) is 13.3. The lowest BCUT2D eigenvalue weighted by Gasteiger charge is -2.28. The largest absolute Gasteiger partial charge is 0.296 e. The number of nitrogens with zero attached hydrogens (tertiary/aromatic N) is 1. The second-order valence-corrected chi connectivity index (χ2v) is 6.80. The predicted molar refractivity (Wildman–Crippen MR) is 93.4 cm³/mol. The van der Waals surface area contributed by atoms with E-state index in [4.69, 9.17) is 0 Å². The van der Waals surface area contributed by atoms with Crippen LogP contribution in [0.15, 0.2) is 30.3 Å². The van der Waals surface area contributed by atoms with Gasteiger partial charge in [0.05, 0.1) is 6.07 Å². The molecule has 0 amide bonds. The Kier molecular flexibility index (Phi) is 8.49. The highest BCUT2D eigenvalue weighted by Crippen LogP contribution is 2.27. The molecular weight excluding hydrogens is 276 g/mol. The second-order valence-electron chi connectivity index (χ2n) is 5.65. The second kappa shape index (κ2) is 9.87. The standard InChI is InChI=1S/C18H28N2S/c1-4-12-20-18(15-19,17-9-7-6-8-10-17)11-13-21-14-16(3)5-2/h6-10,16,20H,4-5,11-14H2,1-3H3.